The van der Waals surface area contributed by atoms with Gasteiger partial charge in [0.2, 0.25) is 0 Å². The third-order valence-corrected chi connectivity index (χ3v) is 7.52. The highest BCUT2D eigenvalue weighted by Crippen LogP contribution is 2.48. The van der Waals surface area contributed by atoms with Gasteiger partial charge in [-0.25, -0.2) is 4.31 Å². The third kappa shape index (κ3) is 4.25. The van der Waals surface area contributed by atoms with E-state index in [0.717, 1.165) is 47.8 Å². The molecule has 0 spiro atoms. The molecule has 2 aromatic rings. The molecule has 1 fully saturated rings. The quantitative estimate of drug-likeness (QED) is 0.637. The zero-order valence-corrected chi connectivity index (χ0v) is 21.2. The average Bonchev–Trinajstić information content (AvgIpc) is 3.34. The summed E-state index contributed by atoms with van der Waals surface area (Å²) in [7, 11) is 1.70. The van der Waals surface area contributed by atoms with E-state index in [1.54, 1.807) is 7.11 Å². The van der Waals surface area contributed by atoms with Gasteiger partial charge in [0.05, 0.1) is 18.4 Å². The van der Waals surface area contributed by atoms with Crippen LogP contribution in [-0.2, 0) is 17.6 Å². The first kappa shape index (κ1) is 23.1. The Morgan fingerprint density at radius 2 is 2.00 bits per heavy atom. The van der Waals surface area contributed by atoms with Crippen molar-refractivity contribution in [2.24, 2.45) is 4.99 Å². The first-order valence-electron chi connectivity index (χ1n) is 11.6. The molecule has 0 aliphatic carbocycles. The second-order valence-corrected chi connectivity index (χ2v) is 11.5. The number of ether oxygens (including phenoxy) is 2. The fraction of sp³-hybridized carbons (Fsp3) is 0.462. The van der Waals surface area contributed by atoms with Gasteiger partial charge in [-0.2, -0.15) is 0 Å². The van der Waals surface area contributed by atoms with Crippen LogP contribution in [0.25, 0.3) is 0 Å². The van der Waals surface area contributed by atoms with Gasteiger partial charge in [-0.05, 0) is 57.9 Å². The smallest absolute Gasteiger partial charge is 0.318 e. The van der Waals surface area contributed by atoms with Crippen molar-refractivity contribution in [1.29, 1.82) is 0 Å². The Morgan fingerprint density at radius 3 is 2.74 bits per heavy atom. The molecule has 0 amide bonds. The van der Waals surface area contributed by atoms with Gasteiger partial charge in [-0.15, -0.1) is 0 Å². The van der Waals surface area contributed by atoms with Crippen LogP contribution in [0.15, 0.2) is 35.3 Å². The maximum Gasteiger partial charge on any atom is 0.318 e. The molecular formula is C26H31N3O4S. The molecule has 0 saturated carbocycles. The van der Waals surface area contributed by atoms with Crippen LogP contribution >= 0.6 is 12.1 Å². The van der Waals surface area contributed by atoms with Gasteiger partial charge in [0.15, 0.2) is 11.5 Å². The molecule has 2 aromatic carbocycles. The molecule has 1 N–H and O–H groups in total. The van der Waals surface area contributed by atoms with Gasteiger partial charge < -0.3 is 18.9 Å². The SMILES string of the molecule is COc1cc2c(c3c1OC(C)(C)C3)C(c1cccc(N3CCN(CC(=O)O)S3)c1)=NC(C)(C)C2. The summed E-state index contributed by atoms with van der Waals surface area (Å²) in [5.41, 5.74) is 6.12. The monoisotopic (exact) mass is 481 g/mol. The second-order valence-electron chi connectivity index (χ2n) is 10.4. The van der Waals surface area contributed by atoms with E-state index in [0.29, 0.717) is 6.54 Å². The Labute approximate surface area is 205 Å². The highest BCUT2D eigenvalue weighted by atomic mass is 32.2. The minimum Gasteiger partial charge on any atom is -0.493 e. The van der Waals surface area contributed by atoms with Crippen LogP contribution < -0.4 is 13.8 Å². The minimum atomic E-state index is -0.812. The minimum absolute atomic E-state index is 0.0267. The second kappa shape index (κ2) is 8.20. The number of fused-ring (bicyclic) bond motifs is 3. The number of anilines is 1. The highest BCUT2D eigenvalue weighted by Gasteiger charge is 2.39. The molecule has 3 heterocycles. The lowest BCUT2D eigenvalue weighted by Gasteiger charge is -2.31. The number of hydrogen-bond acceptors (Lipinski definition) is 7. The van der Waals surface area contributed by atoms with E-state index in [9.17, 15) is 4.79 Å². The summed E-state index contributed by atoms with van der Waals surface area (Å²) in [6.45, 7) is 10.0. The van der Waals surface area contributed by atoms with E-state index >= 15 is 0 Å². The van der Waals surface area contributed by atoms with E-state index < -0.39 is 5.97 Å². The number of hydrogen-bond donors (Lipinski definition) is 1. The Hall–Kier alpha value is -2.71. The molecular weight excluding hydrogens is 450 g/mol. The number of carboxylic acid groups (broad SMARTS) is 1. The normalized spacial score (nSPS) is 20.4. The van der Waals surface area contributed by atoms with E-state index in [1.807, 2.05) is 4.31 Å². The Kier molecular flexibility index (Phi) is 5.56. The average molecular weight is 482 g/mol. The molecule has 0 bridgehead atoms. The molecule has 7 nitrogen and oxygen atoms in total. The topological polar surface area (TPSA) is 74.6 Å². The lowest BCUT2D eigenvalue weighted by molar-refractivity contribution is -0.137. The molecule has 0 aromatic heterocycles. The van der Waals surface area contributed by atoms with Crippen molar-refractivity contribution in [2.75, 3.05) is 31.0 Å². The molecule has 3 aliphatic heterocycles. The number of aliphatic carboxylic acids is 1. The van der Waals surface area contributed by atoms with Crippen LogP contribution in [0, 0.1) is 0 Å². The standard InChI is InChI=1S/C26H31N3O4S/c1-25(2)13-17-12-20(32-5)24-19(14-26(3,4)33-24)22(17)23(27-25)16-7-6-8-18(11-16)29-10-9-28(34-29)15-21(30)31/h6-8,11-12H,9-10,13-15H2,1-5H3,(H,30,31). The van der Waals surface area contributed by atoms with Crippen LogP contribution in [0.2, 0.25) is 0 Å². The lowest BCUT2D eigenvalue weighted by atomic mass is 9.81. The fourth-order valence-electron chi connectivity index (χ4n) is 5.10. The van der Waals surface area contributed by atoms with Gasteiger partial charge >= 0.3 is 5.97 Å². The summed E-state index contributed by atoms with van der Waals surface area (Å²) in [5, 5.41) is 9.13. The maximum atomic E-state index is 11.1. The zero-order chi connectivity index (χ0) is 24.3. The van der Waals surface area contributed by atoms with E-state index in [1.165, 1.54) is 28.8 Å². The fourth-order valence-corrected chi connectivity index (χ4v) is 6.08. The zero-order valence-electron chi connectivity index (χ0n) is 20.3. The summed E-state index contributed by atoms with van der Waals surface area (Å²) in [4.78, 5) is 16.3. The summed E-state index contributed by atoms with van der Waals surface area (Å²) < 4.78 is 16.1. The van der Waals surface area contributed by atoms with Gasteiger partial charge in [-0.3, -0.25) is 9.79 Å². The number of methoxy groups -OCH3 is 1. The molecule has 5 rings (SSSR count). The lowest BCUT2D eigenvalue weighted by Crippen LogP contribution is -2.30. The highest BCUT2D eigenvalue weighted by molar-refractivity contribution is 7.98. The number of carbonyl (C=O) groups is 1. The number of carboxylic acids is 1. The first-order valence-corrected chi connectivity index (χ1v) is 12.3. The Bertz CT molecular complexity index is 1190. The number of nitrogens with zero attached hydrogens (tertiary/aromatic N) is 3. The number of aliphatic imine (C=N–C) groups is 1. The Morgan fingerprint density at radius 1 is 1.21 bits per heavy atom. The molecule has 0 radical (unpaired) electrons. The Balaban J connectivity index is 1.57. The van der Waals surface area contributed by atoms with Crippen molar-refractivity contribution in [3.63, 3.8) is 0 Å². The van der Waals surface area contributed by atoms with Crippen molar-refractivity contribution in [1.82, 2.24) is 4.31 Å². The summed E-state index contributed by atoms with van der Waals surface area (Å²) in [5.74, 6) is 0.805. The van der Waals surface area contributed by atoms with Crippen molar-refractivity contribution in [3.8, 4) is 11.5 Å². The first-order chi connectivity index (χ1) is 16.0. The van der Waals surface area contributed by atoms with Gasteiger partial charge in [0, 0.05) is 54.0 Å². The molecule has 8 heteroatoms. The number of benzene rings is 2. The van der Waals surface area contributed by atoms with Gasteiger partial charge in [-0.1, -0.05) is 12.1 Å². The van der Waals surface area contributed by atoms with Crippen molar-refractivity contribution in [3.05, 3.63) is 52.6 Å². The molecule has 34 heavy (non-hydrogen) atoms. The van der Waals surface area contributed by atoms with Gasteiger partial charge in [0.25, 0.3) is 0 Å². The van der Waals surface area contributed by atoms with E-state index in [4.69, 9.17) is 19.6 Å². The molecule has 3 aliphatic rings. The maximum absolute atomic E-state index is 11.1. The third-order valence-electron chi connectivity index (χ3n) is 6.39. The van der Waals surface area contributed by atoms with Crippen LogP contribution in [0.4, 0.5) is 5.69 Å². The predicted octanol–water partition coefficient (Wildman–Crippen LogP) is 4.35. The van der Waals surface area contributed by atoms with Crippen LogP contribution in [0.5, 0.6) is 11.5 Å². The molecule has 0 atom stereocenters. The molecule has 1 saturated heterocycles. The van der Waals surface area contributed by atoms with Crippen molar-refractivity contribution in [2.45, 2.75) is 51.7 Å². The molecule has 0 unspecified atom stereocenters. The van der Waals surface area contributed by atoms with Gasteiger partial charge in [0.1, 0.15) is 12.1 Å². The summed E-state index contributed by atoms with van der Waals surface area (Å²) in [6.07, 6.45) is 1.63. The van der Waals surface area contributed by atoms with Crippen LogP contribution in [0.3, 0.4) is 0 Å². The van der Waals surface area contributed by atoms with Crippen molar-refractivity contribution < 1.29 is 19.4 Å². The largest absolute Gasteiger partial charge is 0.493 e. The van der Waals surface area contributed by atoms with Crippen LogP contribution in [0.1, 0.15) is 49.9 Å². The summed E-state index contributed by atoms with van der Waals surface area (Å²) >= 11 is 1.47. The van der Waals surface area contributed by atoms with Crippen LogP contribution in [-0.4, -0.2) is 59.0 Å². The van der Waals surface area contributed by atoms with E-state index in [2.05, 4.69) is 62.3 Å². The van der Waals surface area contributed by atoms with Crippen molar-refractivity contribution >= 4 is 29.5 Å². The summed E-state index contributed by atoms with van der Waals surface area (Å²) in [6, 6.07) is 10.5. The predicted molar refractivity (Wildman–Crippen MR) is 135 cm³/mol. The number of rotatable bonds is 5. The van der Waals surface area contributed by atoms with E-state index in [-0.39, 0.29) is 17.7 Å². The molecule has 180 valence electrons.